The Labute approximate surface area is 112 Å². The highest BCUT2D eigenvalue weighted by atomic mass is 16.5. The van der Waals surface area contributed by atoms with E-state index >= 15 is 0 Å². The minimum atomic E-state index is -1.02. The molecule has 0 fully saturated rings. The van der Waals surface area contributed by atoms with E-state index in [-0.39, 0.29) is 24.9 Å². The highest BCUT2D eigenvalue weighted by Crippen LogP contribution is 2.08. The summed E-state index contributed by atoms with van der Waals surface area (Å²) in [5, 5.41) is 11.4. The van der Waals surface area contributed by atoms with Gasteiger partial charge in [0, 0.05) is 0 Å². The standard InChI is InChI=1S/C14H19NO4/c1-10(2)13(14(17)18)15-12(16)8-9-19-11-6-4-3-5-7-11/h3-7,10,13H,8-9H2,1-2H3,(H,15,16)(H,17,18)/t13-/m1/s1. The summed E-state index contributed by atoms with van der Waals surface area (Å²) >= 11 is 0. The number of ether oxygens (including phenoxy) is 1. The van der Waals surface area contributed by atoms with Crippen LogP contribution in [0.25, 0.3) is 0 Å². The van der Waals surface area contributed by atoms with Crippen molar-refractivity contribution >= 4 is 11.9 Å². The number of para-hydroxylation sites is 1. The van der Waals surface area contributed by atoms with Gasteiger partial charge in [-0.3, -0.25) is 4.79 Å². The lowest BCUT2D eigenvalue weighted by atomic mass is 10.0. The Morgan fingerprint density at radius 3 is 2.42 bits per heavy atom. The van der Waals surface area contributed by atoms with E-state index in [1.54, 1.807) is 26.0 Å². The summed E-state index contributed by atoms with van der Waals surface area (Å²) in [5.74, 6) is -0.810. The van der Waals surface area contributed by atoms with Gasteiger partial charge < -0.3 is 15.2 Å². The Kier molecular flexibility index (Phi) is 5.85. The molecule has 0 aliphatic carbocycles. The Hall–Kier alpha value is -2.04. The van der Waals surface area contributed by atoms with Crippen LogP contribution in [0.4, 0.5) is 0 Å². The molecule has 0 saturated carbocycles. The number of nitrogens with one attached hydrogen (secondary N) is 1. The highest BCUT2D eigenvalue weighted by molar-refractivity contribution is 5.83. The number of carboxylic acid groups (broad SMARTS) is 1. The molecule has 0 spiro atoms. The Morgan fingerprint density at radius 2 is 1.89 bits per heavy atom. The number of carbonyl (C=O) groups is 2. The SMILES string of the molecule is CC(C)[C@@H](NC(=O)CCOc1ccccc1)C(=O)O. The van der Waals surface area contributed by atoms with E-state index in [2.05, 4.69) is 5.32 Å². The maximum Gasteiger partial charge on any atom is 0.326 e. The van der Waals surface area contributed by atoms with Crippen molar-refractivity contribution in [3.05, 3.63) is 30.3 Å². The van der Waals surface area contributed by atoms with Gasteiger partial charge in [-0.05, 0) is 18.1 Å². The van der Waals surface area contributed by atoms with Crippen molar-refractivity contribution in [2.24, 2.45) is 5.92 Å². The first-order chi connectivity index (χ1) is 9.00. The minimum absolute atomic E-state index is 0.130. The van der Waals surface area contributed by atoms with Gasteiger partial charge in [-0.2, -0.15) is 0 Å². The van der Waals surface area contributed by atoms with E-state index in [9.17, 15) is 9.59 Å². The summed E-state index contributed by atoms with van der Waals surface area (Å²) in [6.07, 6.45) is 0.130. The molecule has 1 atom stereocenters. The van der Waals surface area contributed by atoms with Gasteiger partial charge in [-0.1, -0.05) is 32.0 Å². The molecule has 1 aromatic carbocycles. The third kappa shape index (κ3) is 5.42. The first-order valence-electron chi connectivity index (χ1n) is 6.20. The second-order valence-corrected chi connectivity index (χ2v) is 4.54. The smallest absolute Gasteiger partial charge is 0.326 e. The fourth-order valence-electron chi connectivity index (χ4n) is 1.54. The molecule has 19 heavy (non-hydrogen) atoms. The van der Waals surface area contributed by atoms with Crippen LogP contribution in [0.2, 0.25) is 0 Å². The zero-order valence-corrected chi connectivity index (χ0v) is 11.1. The van der Waals surface area contributed by atoms with Crippen LogP contribution in [0.3, 0.4) is 0 Å². The van der Waals surface area contributed by atoms with Crippen LogP contribution in [0, 0.1) is 5.92 Å². The molecule has 0 heterocycles. The monoisotopic (exact) mass is 265 g/mol. The number of carboxylic acids is 1. The minimum Gasteiger partial charge on any atom is -0.493 e. The van der Waals surface area contributed by atoms with Crippen molar-refractivity contribution in [1.29, 1.82) is 0 Å². The topological polar surface area (TPSA) is 75.6 Å². The number of hydrogen-bond donors (Lipinski definition) is 2. The van der Waals surface area contributed by atoms with Crippen LogP contribution in [0.1, 0.15) is 20.3 Å². The van der Waals surface area contributed by atoms with Crippen molar-refractivity contribution in [2.75, 3.05) is 6.61 Å². The lowest BCUT2D eigenvalue weighted by molar-refractivity contribution is -0.143. The molecule has 104 valence electrons. The van der Waals surface area contributed by atoms with E-state index in [0.717, 1.165) is 0 Å². The zero-order valence-electron chi connectivity index (χ0n) is 11.1. The van der Waals surface area contributed by atoms with Gasteiger partial charge >= 0.3 is 5.97 Å². The molecule has 1 amide bonds. The summed E-state index contributed by atoms with van der Waals surface area (Å²) in [7, 11) is 0. The second kappa shape index (κ2) is 7.41. The van der Waals surface area contributed by atoms with E-state index in [0.29, 0.717) is 5.75 Å². The van der Waals surface area contributed by atoms with Crippen LogP contribution < -0.4 is 10.1 Å². The maximum atomic E-state index is 11.6. The van der Waals surface area contributed by atoms with E-state index < -0.39 is 12.0 Å². The number of carbonyl (C=O) groups excluding carboxylic acids is 1. The molecule has 1 rings (SSSR count). The summed E-state index contributed by atoms with van der Waals surface area (Å²) in [6, 6.07) is 8.30. The third-order valence-corrected chi connectivity index (χ3v) is 2.59. The fraction of sp³-hybridized carbons (Fsp3) is 0.429. The molecular formula is C14H19NO4. The number of amides is 1. The predicted molar refractivity (Wildman–Crippen MR) is 71.0 cm³/mol. The van der Waals surface area contributed by atoms with Gasteiger partial charge in [0.05, 0.1) is 13.0 Å². The van der Waals surface area contributed by atoms with Crippen molar-refractivity contribution in [3.63, 3.8) is 0 Å². The lowest BCUT2D eigenvalue weighted by Gasteiger charge is -2.17. The third-order valence-electron chi connectivity index (χ3n) is 2.59. The van der Waals surface area contributed by atoms with Crippen molar-refractivity contribution in [2.45, 2.75) is 26.3 Å². The van der Waals surface area contributed by atoms with Crippen LogP contribution in [-0.2, 0) is 9.59 Å². The van der Waals surface area contributed by atoms with E-state index in [1.165, 1.54) is 0 Å². The first-order valence-corrected chi connectivity index (χ1v) is 6.20. The normalized spacial score (nSPS) is 11.9. The number of benzene rings is 1. The molecule has 0 radical (unpaired) electrons. The van der Waals surface area contributed by atoms with Gasteiger partial charge in [0.2, 0.25) is 5.91 Å². The van der Waals surface area contributed by atoms with Gasteiger partial charge in [0.1, 0.15) is 11.8 Å². The first kappa shape index (κ1) is 15.0. The molecule has 1 aromatic rings. The Bertz CT molecular complexity index is 417. The summed E-state index contributed by atoms with van der Waals surface area (Å²) in [6.45, 7) is 3.72. The van der Waals surface area contributed by atoms with Crippen molar-refractivity contribution in [3.8, 4) is 5.75 Å². The predicted octanol–water partition coefficient (Wildman–Crippen LogP) is 1.68. The summed E-state index contributed by atoms with van der Waals surface area (Å²) < 4.78 is 5.37. The van der Waals surface area contributed by atoms with E-state index in [4.69, 9.17) is 9.84 Å². The van der Waals surface area contributed by atoms with E-state index in [1.807, 2.05) is 18.2 Å². The molecule has 0 aliphatic rings. The van der Waals surface area contributed by atoms with Gasteiger partial charge in [0.15, 0.2) is 0 Å². The fourth-order valence-corrected chi connectivity index (χ4v) is 1.54. The van der Waals surface area contributed by atoms with Crippen LogP contribution in [0.15, 0.2) is 30.3 Å². The molecule has 0 unspecified atom stereocenters. The number of rotatable bonds is 7. The zero-order chi connectivity index (χ0) is 14.3. The second-order valence-electron chi connectivity index (χ2n) is 4.54. The molecule has 0 aromatic heterocycles. The maximum absolute atomic E-state index is 11.6. The summed E-state index contributed by atoms with van der Waals surface area (Å²) in [4.78, 5) is 22.5. The van der Waals surface area contributed by atoms with Gasteiger partial charge in [-0.15, -0.1) is 0 Å². The highest BCUT2D eigenvalue weighted by Gasteiger charge is 2.22. The van der Waals surface area contributed by atoms with Crippen LogP contribution >= 0.6 is 0 Å². The lowest BCUT2D eigenvalue weighted by Crippen LogP contribution is -2.44. The molecule has 0 saturated heterocycles. The van der Waals surface area contributed by atoms with Crippen molar-refractivity contribution < 1.29 is 19.4 Å². The van der Waals surface area contributed by atoms with Gasteiger partial charge in [0.25, 0.3) is 0 Å². The quantitative estimate of drug-likeness (QED) is 0.786. The Morgan fingerprint density at radius 1 is 1.26 bits per heavy atom. The molecule has 2 N–H and O–H groups in total. The Balaban J connectivity index is 2.33. The van der Waals surface area contributed by atoms with Crippen LogP contribution in [-0.4, -0.2) is 29.6 Å². The number of hydrogen-bond acceptors (Lipinski definition) is 3. The van der Waals surface area contributed by atoms with Crippen molar-refractivity contribution in [1.82, 2.24) is 5.32 Å². The average molecular weight is 265 g/mol. The number of aliphatic carboxylic acids is 1. The molecular weight excluding hydrogens is 246 g/mol. The average Bonchev–Trinajstić information content (AvgIpc) is 2.36. The largest absolute Gasteiger partial charge is 0.493 e. The van der Waals surface area contributed by atoms with Crippen LogP contribution in [0.5, 0.6) is 5.75 Å². The molecule has 0 bridgehead atoms. The molecule has 5 heteroatoms. The van der Waals surface area contributed by atoms with Gasteiger partial charge in [-0.25, -0.2) is 4.79 Å². The molecule has 0 aliphatic heterocycles. The molecule has 5 nitrogen and oxygen atoms in total. The summed E-state index contributed by atoms with van der Waals surface area (Å²) in [5.41, 5.74) is 0.